The van der Waals surface area contributed by atoms with Crippen LogP contribution in [0, 0.1) is 0 Å². The van der Waals surface area contributed by atoms with Crippen LogP contribution < -0.4 is 11.1 Å². The maximum Gasteiger partial charge on any atom is 0.240 e. The summed E-state index contributed by atoms with van der Waals surface area (Å²) in [7, 11) is 1.52. The molecule has 0 spiro atoms. The first-order valence-corrected chi connectivity index (χ1v) is 6.72. The van der Waals surface area contributed by atoms with E-state index in [0.29, 0.717) is 0 Å². The van der Waals surface area contributed by atoms with Gasteiger partial charge in [0, 0.05) is 19.5 Å². The molecular weight excluding hydrogens is 337 g/mol. The minimum atomic E-state index is -0.692. The summed E-state index contributed by atoms with van der Waals surface area (Å²) in [5.41, 5.74) is 7.72. The van der Waals surface area contributed by atoms with Crippen molar-refractivity contribution in [1.29, 1.82) is 0 Å². The predicted octanol–water partition coefficient (Wildman–Crippen LogP) is 2.10. The highest BCUT2D eigenvalue weighted by molar-refractivity contribution is 5.85. The zero-order chi connectivity index (χ0) is 15.1. The van der Waals surface area contributed by atoms with E-state index in [9.17, 15) is 4.79 Å². The Balaban J connectivity index is 0.00000242. The zero-order valence-electron chi connectivity index (χ0n) is 12.7. The van der Waals surface area contributed by atoms with Crippen LogP contribution in [0.15, 0.2) is 54.9 Å². The van der Waals surface area contributed by atoms with Gasteiger partial charge in [0.15, 0.2) is 0 Å². The molecule has 126 valence electrons. The number of halogens is 2. The molecule has 0 saturated heterocycles. The molecule has 0 aliphatic rings. The number of amides is 1. The summed E-state index contributed by atoms with van der Waals surface area (Å²) in [5, 5.41) is 2.96. The van der Waals surface area contributed by atoms with Gasteiger partial charge in [0.25, 0.3) is 0 Å². The Labute approximate surface area is 148 Å². The number of methoxy groups -OCH3 is 1. The van der Waals surface area contributed by atoms with Crippen LogP contribution in [0.1, 0.15) is 17.2 Å². The molecule has 0 fully saturated rings. The molecule has 1 amide bonds. The molecule has 0 saturated carbocycles. The van der Waals surface area contributed by atoms with E-state index in [1.54, 1.807) is 12.4 Å². The molecule has 2 rings (SSSR count). The summed E-state index contributed by atoms with van der Waals surface area (Å²) in [6.07, 6.45) is 3.40. The quantitative estimate of drug-likeness (QED) is 0.829. The van der Waals surface area contributed by atoms with E-state index >= 15 is 0 Å². The van der Waals surface area contributed by atoms with Crippen LogP contribution in [0.2, 0.25) is 0 Å². The second kappa shape index (κ2) is 11.0. The van der Waals surface area contributed by atoms with Crippen LogP contribution >= 0.6 is 24.8 Å². The Morgan fingerprint density at radius 2 is 1.70 bits per heavy atom. The number of carbonyl (C=O) groups excluding carboxylic acids is 1. The van der Waals surface area contributed by atoms with Crippen LogP contribution in [0.3, 0.4) is 0 Å². The molecule has 3 N–H and O–H groups in total. The molecular formula is C16H21Cl2N3O2. The highest BCUT2D eigenvalue weighted by Crippen LogP contribution is 2.21. The van der Waals surface area contributed by atoms with E-state index in [-0.39, 0.29) is 43.4 Å². The topological polar surface area (TPSA) is 77.2 Å². The van der Waals surface area contributed by atoms with E-state index in [2.05, 4.69) is 10.3 Å². The van der Waals surface area contributed by atoms with Gasteiger partial charge in [-0.25, -0.2) is 0 Å². The molecule has 1 heterocycles. The monoisotopic (exact) mass is 357 g/mol. The van der Waals surface area contributed by atoms with Crippen LogP contribution in [0.25, 0.3) is 0 Å². The summed E-state index contributed by atoms with van der Waals surface area (Å²) in [4.78, 5) is 16.2. The number of nitrogens with zero attached hydrogens (tertiary/aromatic N) is 1. The maximum atomic E-state index is 12.2. The third-order valence-electron chi connectivity index (χ3n) is 3.14. The van der Waals surface area contributed by atoms with Gasteiger partial charge < -0.3 is 15.8 Å². The lowest BCUT2D eigenvalue weighted by molar-refractivity contribution is -0.123. The number of rotatable bonds is 6. The second-order valence-electron chi connectivity index (χ2n) is 4.69. The fourth-order valence-corrected chi connectivity index (χ4v) is 2.07. The largest absolute Gasteiger partial charge is 0.383 e. The molecule has 0 radical (unpaired) electrons. The molecule has 2 aromatic rings. The van der Waals surface area contributed by atoms with Crippen LogP contribution in [0.4, 0.5) is 0 Å². The Morgan fingerprint density at radius 1 is 1.13 bits per heavy atom. The molecule has 0 aliphatic heterocycles. The molecule has 0 bridgehead atoms. The van der Waals surface area contributed by atoms with Gasteiger partial charge in [0.05, 0.1) is 12.6 Å². The first kappa shape index (κ1) is 21.3. The number of aromatic nitrogens is 1. The van der Waals surface area contributed by atoms with Crippen LogP contribution in [-0.4, -0.2) is 30.6 Å². The Hall–Kier alpha value is -1.66. The van der Waals surface area contributed by atoms with Crippen molar-refractivity contribution in [2.24, 2.45) is 5.73 Å². The van der Waals surface area contributed by atoms with E-state index in [1.165, 1.54) is 7.11 Å². The van der Waals surface area contributed by atoms with Crippen molar-refractivity contribution in [3.05, 3.63) is 66.0 Å². The van der Waals surface area contributed by atoms with Crippen molar-refractivity contribution in [2.75, 3.05) is 13.7 Å². The molecule has 7 heteroatoms. The van der Waals surface area contributed by atoms with Crippen molar-refractivity contribution in [1.82, 2.24) is 10.3 Å². The second-order valence-corrected chi connectivity index (χ2v) is 4.69. The first-order valence-electron chi connectivity index (χ1n) is 6.72. The number of pyridine rings is 1. The Morgan fingerprint density at radius 3 is 2.26 bits per heavy atom. The van der Waals surface area contributed by atoms with Crippen molar-refractivity contribution < 1.29 is 9.53 Å². The fraction of sp³-hybridized carbons (Fsp3) is 0.250. The lowest BCUT2D eigenvalue weighted by atomic mass is 9.99. The van der Waals surface area contributed by atoms with Gasteiger partial charge >= 0.3 is 0 Å². The fourth-order valence-electron chi connectivity index (χ4n) is 2.07. The Kier molecular flexibility index (Phi) is 10.2. The molecule has 5 nitrogen and oxygen atoms in total. The third-order valence-corrected chi connectivity index (χ3v) is 3.14. The number of nitrogens with one attached hydrogen (secondary N) is 1. The molecule has 1 aromatic carbocycles. The standard InChI is InChI=1S/C16H19N3O2.2ClH/c1-21-11-14(17)16(20)19-15(12-5-3-2-4-6-12)13-7-9-18-10-8-13;;/h2-10,14-15H,11,17H2,1H3,(H,19,20);2*1H. The van der Waals surface area contributed by atoms with E-state index < -0.39 is 6.04 Å². The van der Waals surface area contributed by atoms with Crippen LogP contribution in [-0.2, 0) is 9.53 Å². The number of hydrogen-bond donors (Lipinski definition) is 2. The lowest BCUT2D eigenvalue weighted by Gasteiger charge is -2.21. The Bertz CT molecular complexity index is 531. The minimum absolute atomic E-state index is 0. The van der Waals surface area contributed by atoms with E-state index in [0.717, 1.165) is 11.1 Å². The third kappa shape index (κ3) is 6.15. The van der Waals surface area contributed by atoms with Crippen molar-refractivity contribution in [3.63, 3.8) is 0 Å². The lowest BCUT2D eigenvalue weighted by Crippen LogP contribution is -2.45. The van der Waals surface area contributed by atoms with Gasteiger partial charge in [-0.05, 0) is 23.3 Å². The van der Waals surface area contributed by atoms with Gasteiger partial charge in [-0.1, -0.05) is 30.3 Å². The molecule has 23 heavy (non-hydrogen) atoms. The normalized spacial score (nSPS) is 12.3. The van der Waals surface area contributed by atoms with Gasteiger partial charge in [-0.2, -0.15) is 0 Å². The highest BCUT2D eigenvalue weighted by atomic mass is 35.5. The van der Waals surface area contributed by atoms with E-state index in [1.807, 2.05) is 42.5 Å². The predicted molar refractivity (Wildman–Crippen MR) is 95.0 cm³/mol. The smallest absolute Gasteiger partial charge is 0.240 e. The zero-order valence-corrected chi connectivity index (χ0v) is 14.3. The molecule has 1 aromatic heterocycles. The molecule has 2 unspecified atom stereocenters. The summed E-state index contributed by atoms with van der Waals surface area (Å²) in [5.74, 6) is -0.248. The van der Waals surface area contributed by atoms with Gasteiger partial charge in [-0.15, -0.1) is 24.8 Å². The minimum Gasteiger partial charge on any atom is -0.383 e. The summed E-state index contributed by atoms with van der Waals surface area (Å²) >= 11 is 0. The van der Waals surface area contributed by atoms with Crippen LogP contribution in [0.5, 0.6) is 0 Å². The first-order chi connectivity index (χ1) is 10.2. The van der Waals surface area contributed by atoms with Gasteiger partial charge in [0.2, 0.25) is 5.91 Å². The number of benzene rings is 1. The highest BCUT2D eigenvalue weighted by Gasteiger charge is 2.20. The van der Waals surface area contributed by atoms with Crippen molar-refractivity contribution in [2.45, 2.75) is 12.1 Å². The number of hydrogen-bond acceptors (Lipinski definition) is 4. The molecule has 2 atom stereocenters. The van der Waals surface area contributed by atoms with Crippen molar-refractivity contribution >= 4 is 30.7 Å². The number of nitrogens with two attached hydrogens (primary N) is 1. The SMILES string of the molecule is COCC(N)C(=O)NC(c1ccccc1)c1ccncc1.Cl.Cl. The summed E-state index contributed by atoms with van der Waals surface area (Å²) in [6, 6.07) is 12.5. The van der Waals surface area contributed by atoms with Gasteiger partial charge in [0.1, 0.15) is 6.04 Å². The van der Waals surface area contributed by atoms with Gasteiger partial charge in [-0.3, -0.25) is 9.78 Å². The van der Waals surface area contributed by atoms with E-state index in [4.69, 9.17) is 10.5 Å². The summed E-state index contributed by atoms with van der Waals surface area (Å²) in [6.45, 7) is 0.184. The number of carbonyl (C=O) groups is 1. The average Bonchev–Trinajstić information content (AvgIpc) is 2.54. The number of ether oxygens (including phenoxy) is 1. The molecule has 0 aliphatic carbocycles. The summed E-state index contributed by atoms with van der Waals surface area (Å²) < 4.78 is 4.92. The average molecular weight is 358 g/mol. The maximum absolute atomic E-state index is 12.2. The van der Waals surface area contributed by atoms with Crippen molar-refractivity contribution in [3.8, 4) is 0 Å².